The van der Waals surface area contributed by atoms with Crippen LogP contribution in [0.3, 0.4) is 0 Å². The van der Waals surface area contributed by atoms with Gasteiger partial charge in [0, 0.05) is 23.2 Å². The fourth-order valence-electron chi connectivity index (χ4n) is 3.47. The van der Waals surface area contributed by atoms with Crippen molar-refractivity contribution in [3.05, 3.63) is 83.9 Å². The van der Waals surface area contributed by atoms with Gasteiger partial charge in [0.15, 0.2) is 6.10 Å². The van der Waals surface area contributed by atoms with Gasteiger partial charge < -0.3 is 19.5 Å². The summed E-state index contributed by atoms with van der Waals surface area (Å²) in [5, 5.41) is 9.70. The van der Waals surface area contributed by atoms with Gasteiger partial charge in [-0.1, -0.05) is 30.3 Å². The van der Waals surface area contributed by atoms with E-state index in [0.29, 0.717) is 5.56 Å². The van der Waals surface area contributed by atoms with Crippen LogP contribution in [0.15, 0.2) is 77.7 Å². The first-order valence-corrected chi connectivity index (χ1v) is 12.3. The van der Waals surface area contributed by atoms with E-state index in [1.807, 2.05) is 0 Å². The molecule has 0 aliphatic rings. The van der Waals surface area contributed by atoms with E-state index in [1.54, 1.807) is 0 Å². The molecule has 0 aromatic heterocycles. The molecule has 15 heteroatoms. The van der Waals surface area contributed by atoms with E-state index in [4.69, 9.17) is 4.74 Å². The molecule has 0 aliphatic carbocycles. The van der Waals surface area contributed by atoms with Crippen LogP contribution in [-0.4, -0.2) is 42.0 Å². The number of anilines is 1. The molecule has 224 valence electrons. The normalized spacial score (nSPS) is 13.3. The van der Waals surface area contributed by atoms with Gasteiger partial charge in [-0.05, 0) is 59.3 Å². The number of aliphatic hydroxyl groups is 1. The molecule has 1 unspecified atom stereocenters. The van der Waals surface area contributed by atoms with Crippen molar-refractivity contribution in [1.82, 2.24) is 0 Å². The molecule has 4 nitrogen and oxygen atoms in total. The Morgan fingerprint density at radius 3 is 2.07 bits per heavy atom. The van der Waals surface area contributed by atoms with Crippen LogP contribution in [0.5, 0.6) is 11.5 Å². The molecule has 1 N–H and O–H groups in total. The lowest BCUT2D eigenvalue weighted by Crippen LogP contribution is -2.40. The highest BCUT2D eigenvalue weighted by Crippen LogP contribution is 2.37. The van der Waals surface area contributed by atoms with E-state index >= 15 is 0 Å². The topological polar surface area (TPSA) is 41.9 Å². The molecule has 0 heterocycles. The molecule has 0 fully saturated rings. The van der Waals surface area contributed by atoms with Gasteiger partial charge in [0.2, 0.25) is 0 Å². The molecule has 0 amide bonds. The molecule has 3 aromatic carbocycles. The average molecular weight is 618 g/mol. The second kappa shape index (κ2) is 13.1. The molecule has 0 saturated heterocycles. The minimum absolute atomic E-state index is 0.0720. The third kappa shape index (κ3) is 10.2. The van der Waals surface area contributed by atoms with E-state index in [0.717, 1.165) is 17.0 Å². The minimum Gasteiger partial charge on any atom is -0.489 e. The summed E-state index contributed by atoms with van der Waals surface area (Å²) in [6.07, 6.45) is -16.8. The largest absolute Gasteiger partial charge is 0.489 e. The first-order chi connectivity index (χ1) is 19.0. The maximum Gasteiger partial charge on any atom is 0.461 e. The molecular formula is C26H21F10NO3S. The zero-order valence-corrected chi connectivity index (χ0v) is 21.4. The summed E-state index contributed by atoms with van der Waals surface area (Å²) in [6, 6.07) is 15.4. The van der Waals surface area contributed by atoms with Gasteiger partial charge in [-0.15, -0.1) is 0 Å². The Hall–Kier alpha value is -3.33. The van der Waals surface area contributed by atoms with Crippen molar-refractivity contribution in [2.45, 2.75) is 48.4 Å². The maximum atomic E-state index is 13.3. The number of aliphatic hydroxyl groups excluding tert-OH is 1. The summed E-state index contributed by atoms with van der Waals surface area (Å²) >= 11 is -0.309. The minimum atomic E-state index is -5.00. The molecule has 0 saturated carbocycles. The zero-order chi connectivity index (χ0) is 30.4. The molecule has 41 heavy (non-hydrogen) atoms. The summed E-state index contributed by atoms with van der Waals surface area (Å²) < 4.78 is 139. The summed E-state index contributed by atoms with van der Waals surface area (Å²) in [5.74, 6) is -0.538. The van der Waals surface area contributed by atoms with Crippen molar-refractivity contribution < 1.29 is 58.5 Å². The lowest BCUT2D eigenvalue weighted by atomic mass is 10.1. The molecule has 0 radical (unpaired) electrons. The predicted octanol–water partition coefficient (Wildman–Crippen LogP) is 8.04. The number of thioether (sulfide) groups is 1. The highest BCUT2D eigenvalue weighted by molar-refractivity contribution is 8.00. The third-order valence-electron chi connectivity index (χ3n) is 5.27. The molecule has 0 spiro atoms. The average Bonchev–Trinajstić information content (AvgIpc) is 2.86. The summed E-state index contributed by atoms with van der Waals surface area (Å²) in [4.78, 5) is 0.980. The van der Waals surface area contributed by atoms with Crippen molar-refractivity contribution in [3.63, 3.8) is 0 Å². The van der Waals surface area contributed by atoms with Crippen molar-refractivity contribution in [1.29, 1.82) is 0 Å². The monoisotopic (exact) mass is 617 g/mol. The lowest BCUT2D eigenvalue weighted by Gasteiger charge is -2.29. The first kappa shape index (κ1) is 32.2. The van der Waals surface area contributed by atoms with E-state index < -0.39 is 49.2 Å². The zero-order valence-electron chi connectivity index (χ0n) is 20.6. The number of hydrogen-bond acceptors (Lipinski definition) is 5. The van der Waals surface area contributed by atoms with Crippen LogP contribution >= 0.6 is 11.8 Å². The molecule has 0 aliphatic heterocycles. The molecular weight excluding hydrogens is 596 g/mol. The Kier molecular flexibility index (Phi) is 10.3. The number of hydrogen-bond donors (Lipinski definition) is 1. The fraction of sp³-hybridized carbons (Fsp3) is 0.308. The van der Waals surface area contributed by atoms with Crippen molar-refractivity contribution in [2.75, 3.05) is 11.4 Å². The third-order valence-corrected chi connectivity index (χ3v) is 5.99. The van der Waals surface area contributed by atoms with Crippen LogP contribution in [0.2, 0.25) is 0 Å². The maximum absolute atomic E-state index is 13.3. The Morgan fingerprint density at radius 2 is 1.41 bits per heavy atom. The number of nitrogens with zero attached hydrogens (tertiary/aromatic N) is 1. The van der Waals surface area contributed by atoms with Crippen LogP contribution in [0, 0.1) is 0 Å². The van der Waals surface area contributed by atoms with E-state index in [2.05, 4.69) is 4.74 Å². The summed E-state index contributed by atoms with van der Waals surface area (Å²) in [5.41, 5.74) is -3.93. The Morgan fingerprint density at radius 1 is 0.780 bits per heavy atom. The summed E-state index contributed by atoms with van der Waals surface area (Å²) in [6.45, 7) is -1.58. The summed E-state index contributed by atoms with van der Waals surface area (Å²) in [7, 11) is 0. The van der Waals surface area contributed by atoms with E-state index in [1.165, 1.54) is 60.7 Å². The number of ether oxygens (including phenoxy) is 2. The number of benzene rings is 3. The number of alkyl halides is 10. The van der Waals surface area contributed by atoms with Crippen LogP contribution in [0.4, 0.5) is 49.6 Å². The first-order valence-electron chi connectivity index (χ1n) is 11.5. The lowest BCUT2D eigenvalue weighted by molar-refractivity contribution is -0.253. The fourth-order valence-corrected chi connectivity index (χ4v) is 4.10. The van der Waals surface area contributed by atoms with Crippen molar-refractivity contribution in [2.24, 2.45) is 0 Å². The SMILES string of the molecule is OC(CN(Cc1cccc(OC(F)(F)C(F)F)c1)c1cccc(OCc2cccc(SC(F)(F)F)c2)c1)C(F)(F)F. The molecule has 3 aromatic rings. The van der Waals surface area contributed by atoms with Gasteiger partial charge in [0.1, 0.15) is 18.1 Å². The molecule has 3 rings (SSSR count). The van der Waals surface area contributed by atoms with Gasteiger partial charge in [0.25, 0.3) is 0 Å². The van der Waals surface area contributed by atoms with E-state index in [-0.39, 0.29) is 40.3 Å². The Bertz CT molecular complexity index is 1290. The Labute approximate surface area is 231 Å². The van der Waals surface area contributed by atoms with Gasteiger partial charge in [-0.3, -0.25) is 0 Å². The van der Waals surface area contributed by atoms with Crippen LogP contribution in [0.1, 0.15) is 11.1 Å². The smallest absolute Gasteiger partial charge is 0.461 e. The Balaban J connectivity index is 1.81. The highest BCUT2D eigenvalue weighted by atomic mass is 32.2. The molecule has 1 atom stereocenters. The van der Waals surface area contributed by atoms with Gasteiger partial charge in [-0.25, -0.2) is 0 Å². The predicted molar refractivity (Wildman–Crippen MR) is 130 cm³/mol. The standard InChI is InChI=1S/C26H21F10NO3S/c27-23(28)25(32,33)40-20-8-1-4-16(10-20)13-37(14-22(38)24(29,30)31)18-6-3-7-19(12-18)39-15-17-5-2-9-21(11-17)41-26(34,35)36/h1-12,22-23,38H,13-15H2. The highest BCUT2D eigenvalue weighted by Gasteiger charge is 2.44. The quantitative estimate of drug-likeness (QED) is 0.165. The second-order valence-corrected chi connectivity index (χ2v) is 9.67. The van der Waals surface area contributed by atoms with Crippen LogP contribution in [0.25, 0.3) is 0 Å². The van der Waals surface area contributed by atoms with Crippen LogP contribution < -0.4 is 14.4 Å². The van der Waals surface area contributed by atoms with Gasteiger partial charge in [0.05, 0.1) is 6.54 Å². The van der Waals surface area contributed by atoms with E-state index in [9.17, 15) is 49.0 Å². The van der Waals surface area contributed by atoms with Gasteiger partial charge >= 0.3 is 24.2 Å². The number of halogens is 10. The number of rotatable bonds is 12. The van der Waals surface area contributed by atoms with Gasteiger partial charge in [-0.2, -0.15) is 43.9 Å². The molecule has 0 bridgehead atoms. The van der Waals surface area contributed by atoms with Crippen molar-refractivity contribution in [3.8, 4) is 11.5 Å². The second-order valence-electron chi connectivity index (χ2n) is 8.53. The van der Waals surface area contributed by atoms with Crippen molar-refractivity contribution >= 4 is 17.4 Å². The van der Waals surface area contributed by atoms with Crippen LogP contribution in [-0.2, 0) is 13.2 Å².